The van der Waals surface area contributed by atoms with Crippen molar-refractivity contribution in [3.05, 3.63) is 57.2 Å². The van der Waals surface area contributed by atoms with Crippen LogP contribution < -0.4 is 16.1 Å². The van der Waals surface area contributed by atoms with Crippen molar-refractivity contribution in [1.29, 1.82) is 0 Å². The van der Waals surface area contributed by atoms with Crippen LogP contribution in [0, 0.1) is 0 Å². The Morgan fingerprint density at radius 1 is 1.20 bits per heavy atom. The number of aromatic nitrogens is 6. The Hall–Kier alpha value is -4.59. The van der Waals surface area contributed by atoms with Gasteiger partial charge in [-0.2, -0.15) is 0 Å². The number of carbonyl (C=O) groups is 2. The molecule has 14 heteroatoms. The molecular formula is C27H32N8O6. The van der Waals surface area contributed by atoms with Crippen LogP contribution in [0.2, 0.25) is 0 Å². The Morgan fingerprint density at radius 2 is 2.02 bits per heavy atom. The van der Waals surface area contributed by atoms with E-state index in [9.17, 15) is 19.2 Å². The van der Waals surface area contributed by atoms with Gasteiger partial charge in [0.05, 0.1) is 6.20 Å². The van der Waals surface area contributed by atoms with Crippen molar-refractivity contribution < 1.29 is 18.8 Å². The molecule has 5 heterocycles. The number of likely N-dealkylation sites (N-methyl/N-ethyl adjacent to an activating group) is 1. The summed E-state index contributed by atoms with van der Waals surface area (Å²) < 4.78 is 12.9. The maximum absolute atomic E-state index is 13.3. The van der Waals surface area contributed by atoms with E-state index in [1.165, 1.54) is 32.5 Å². The average Bonchev–Trinajstić information content (AvgIpc) is 3.74. The quantitative estimate of drug-likeness (QED) is 0.267. The molecule has 0 aromatic carbocycles. The number of ether oxygens (including phenoxy) is 1. The van der Waals surface area contributed by atoms with Gasteiger partial charge in [0.1, 0.15) is 17.2 Å². The molecule has 1 saturated heterocycles. The van der Waals surface area contributed by atoms with Crippen LogP contribution in [-0.4, -0.2) is 79.3 Å². The largest absolute Gasteiger partial charge is 0.385 e. The predicted molar refractivity (Wildman–Crippen MR) is 149 cm³/mol. The zero-order chi connectivity index (χ0) is 29.1. The topological polar surface area (TPSA) is 161 Å². The molecule has 4 aromatic rings. The average molecular weight is 565 g/mol. The van der Waals surface area contributed by atoms with Crippen LogP contribution in [-0.2, 0) is 22.6 Å². The van der Waals surface area contributed by atoms with Gasteiger partial charge in [0, 0.05) is 70.7 Å². The third kappa shape index (κ3) is 5.42. The monoisotopic (exact) mass is 564 g/mol. The van der Waals surface area contributed by atoms with E-state index >= 15 is 0 Å². The molecule has 1 unspecified atom stereocenters. The maximum atomic E-state index is 13.3. The van der Waals surface area contributed by atoms with Crippen molar-refractivity contribution in [3.63, 3.8) is 0 Å². The van der Waals surface area contributed by atoms with Crippen molar-refractivity contribution in [1.82, 2.24) is 34.1 Å². The number of carbonyl (C=O) groups excluding carboxylic acids is 2. The standard InChI is InChI=1S/C27H32N8O6/c1-4-12-34-26(38)22-24(33(27(34)39)13-5-14-40-3)31-23(30-22)17-6-8-20(28-15-17)35(25(37)19-10-11-29-41-19)16-18-7-9-21(36)32(18)2/h6,8,10-11,15,18H,4-5,7,9,12-14,16H2,1-3H3,(H,30,31). The summed E-state index contributed by atoms with van der Waals surface area (Å²) in [6.07, 6.45) is 5.16. The number of aryl methyl sites for hydroxylation is 1. The van der Waals surface area contributed by atoms with E-state index in [0.717, 1.165) is 0 Å². The van der Waals surface area contributed by atoms with Gasteiger partial charge in [0.2, 0.25) is 11.7 Å². The lowest BCUT2D eigenvalue weighted by Gasteiger charge is -2.27. The van der Waals surface area contributed by atoms with Gasteiger partial charge in [-0.15, -0.1) is 0 Å². The molecular weight excluding hydrogens is 532 g/mol. The Labute approximate surface area is 234 Å². The first-order valence-electron chi connectivity index (χ1n) is 13.5. The van der Waals surface area contributed by atoms with Gasteiger partial charge in [-0.3, -0.25) is 28.4 Å². The van der Waals surface area contributed by atoms with E-state index in [2.05, 4.69) is 20.1 Å². The summed E-state index contributed by atoms with van der Waals surface area (Å²) in [5, 5.41) is 3.64. The van der Waals surface area contributed by atoms with E-state index in [4.69, 9.17) is 9.26 Å². The maximum Gasteiger partial charge on any atom is 0.332 e. The number of nitrogens with one attached hydrogen (secondary N) is 1. The molecule has 216 valence electrons. The van der Waals surface area contributed by atoms with Crippen molar-refractivity contribution in [2.45, 2.75) is 51.7 Å². The number of likely N-dealkylation sites (tertiary alicyclic amines) is 1. The van der Waals surface area contributed by atoms with Gasteiger partial charge >= 0.3 is 5.69 Å². The Morgan fingerprint density at radius 3 is 2.66 bits per heavy atom. The molecule has 1 N–H and O–H groups in total. The third-order valence-electron chi connectivity index (χ3n) is 7.26. The first-order valence-corrected chi connectivity index (χ1v) is 13.5. The van der Waals surface area contributed by atoms with Crippen molar-refractivity contribution >= 4 is 28.8 Å². The second-order valence-corrected chi connectivity index (χ2v) is 9.92. The molecule has 0 radical (unpaired) electrons. The number of nitrogens with zero attached hydrogens (tertiary/aromatic N) is 7. The van der Waals surface area contributed by atoms with Gasteiger partial charge in [0.25, 0.3) is 11.5 Å². The minimum atomic E-state index is -0.434. The first-order chi connectivity index (χ1) is 19.8. The van der Waals surface area contributed by atoms with Gasteiger partial charge in [-0.1, -0.05) is 12.1 Å². The third-order valence-corrected chi connectivity index (χ3v) is 7.26. The summed E-state index contributed by atoms with van der Waals surface area (Å²) in [7, 11) is 3.31. The Balaban J connectivity index is 1.50. The molecule has 14 nitrogen and oxygen atoms in total. The van der Waals surface area contributed by atoms with Crippen LogP contribution >= 0.6 is 0 Å². The number of methoxy groups -OCH3 is 1. The lowest BCUT2D eigenvalue weighted by Crippen LogP contribution is -2.43. The van der Waals surface area contributed by atoms with Crippen molar-refractivity contribution in [3.8, 4) is 11.4 Å². The number of anilines is 1. The molecule has 41 heavy (non-hydrogen) atoms. The number of fused-ring (bicyclic) bond motifs is 1. The molecule has 1 aliphatic heterocycles. The van der Waals surface area contributed by atoms with E-state index in [-0.39, 0.29) is 35.4 Å². The molecule has 0 aliphatic carbocycles. The van der Waals surface area contributed by atoms with Crippen LogP contribution in [0.1, 0.15) is 43.2 Å². The fraction of sp³-hybridized carbons (Fsp3) is 0.444. The van der Waals surface area contributed by atoms with E-state index in [1.807, 2.05) is 6.92 Å². The van der Waals surface area contributed by atoms with Gasteiger partial charge in [-0.05, 0) is 31.4 Å². The molecule has 1 aliphatic rings. The van der Waals surface area contributed by atoms with Crippen molar-refractivity contribution in [2.75, 3.05) is 32.2 Å². The van der Waals surface area contributed by atoms with Crippen LogP contribution in [0.5, 0.6) is 0 Å². The Bertz CT molecular complexity index is 1650. The second kappa shape index (κ2) is 11.9. The summed E-state index contributed by atoms with van der Waals surface area (Å²) in [6, 6.07) is 4.68. The van der Waals surface area contributed by atoms with Crippen LogP contribution in [0.25, 0.3) is 22.6 Å². The highest BCUT2D eigenvalue weighted by Gasteiger charge is 2.33. The number of amides is 2. The summed E-state index contributed by atoms with van der Waals surface area (Å²) in [6.45, 7) is 3.21. The lowest BCUT2D eigenvalue weighted by molar-refractivity contribution is -0.127. The SMILES string of the molecule is CCCn1c(=O)c2[nH]c(-c3ccc(N(CC4CCC(=O)N4C)C(=O)c4ccno4)nc3)nc2n(CCCOC)c1=O. The highest BCUT2D eigenvalue weighted by molar-refractivity contribution is 6.03. The Kier molecular flexibility index (Phi) is 8.10. The number of rotatable bonds is 11. The number of H-pyrrole nitrogens is 1. The predicted octanol–water partition coefficient (Wildman–Crippen LogP) is 1.65. The second-order valence-electron chi connectivity index (χ2n) is 9.92. The smallest absolute Gasteiger partial charge is 0.332 e. The zero-order valence-corrected chi connectivity index (χ0v) is 23.2. The van der Waals surface area contributed by atoms with E-state index < -0.39 is 17.2 Å². The highest BCUT2D eigenvalue weighted by Crippen LogP contribution is 2.24. The summed E-state index contributed by atoms with van der Waals surface area (Å²) >= 11 is 0. The molecule has 5 rings (SSSR count). The summed E-state index contributed by atoms with van der Waals surface area (Å²) in [5.74, 6) is 0.347. The molecule has 1 fully saturated rings. The highest BCUT2D eigenvalue weighted by atomic mass is 16.5. The minimum Gasteiger partial charge on any atom is -0.385 e. The van der Waals surface area contributed by atoms with E-state index in [1.54, 1.807) is 31.2 Å². The normalized spacial score (nSPS) is 15.2. The summed E-state index contributed by atoms with van der Waals surface area (Å²) in [5.41, 5.74) is 0.202. The number of hydrogen-bond acceptors (Lipinski definition) is 9. The molecule has 2 amide bonds. The fourth-order valence-electron chi connectivity index (χ4n) is 5.01. The van der Waals surface area contributed by atoms with Crippen LogP contribution in [0.15, 0.2) is 44.7 Å². The van der Waals surface area contributed by atoms with Gasteiger partial charge in [0.15, 0.2) is 5.65 Å². The van der Waals surface area contributed by atoms with Gasteiger partial charge in [-0.25, -0.2) is 14.8 Å². The first kappa shape index (κ1) is 28.0. The van der Waals surface area contributed by atoms with Crippen LogP contribution in [0.4, 0.5) is 5.82 Å². The lowest BCUT2D eigenvalue weighted by atomic mass is 10.2. The molecule has 4 aromatic heterocycles. The molecule has 0 bridgehead atoms. The molecule has 0 saturated carbocycles. The van der Waals surface area contributed by atoms with Crippen LogP contribution in [0.3, 0.4) is 0 Å². The number of pyridine rings is 1. The molecule has 1 atom stereocenters. The fourth-order valence-corrected chi connectivity index (χ4v) is 5.01. The summed E-state index contributed by atoms with van der Waals surface area (Å²) in [4.78, 5) is 67.0. The van der Waals surface area contributed by atoms with Gasteiger partial charge < -0.3 is 19.1 Å². The number of aromatic amines is 1. The van der Waals surface area contributed by atoms with E-state index in [0.29, 0.717) is 62.6 Å². The number of imidazole rings is 1. The number of hydrogen-bond donors (Lipinski definition) is 1. The minimum absolute atomic E-state index is 0.0222. The van der Waals surface area contributed by atoms with Crippen molar-refractivity contribution in [2.24, 2.45) is 0 Å². The molecule has 0 spiro atoms. The zero-order valence-electron chi connectivity index (χ0n) is 23.2.